The molecule has 1 amide bonds. The first-order valence-electron chi connectivity index (χ1n) is 6.86. The van der Waals surface area contributed by atoms with Gasteiger partial charge in [-0.15, -0.1) is 11.3 Å². The maximum atomic E-state index is 12.9. The third-order valence-electron chi connectivity index (χ3n) is 3.13. The number of carbonyl (C=O) groups excluding carboxylic acids is 1. The van der Waals surface area contributed by atoms with Crippen LogP contribution in [0, 0.1) is 5.82 Å². The van der Waals surface area contributed by atoms with Crippen molar-refractivity contribution >= 4 is 34.5 Å². The summed E-state index contributed by atoms with van der Waals surface area (Å²) in [4.78, 5) is 16.5. The number of nitrogens with zero attached hydrogens (tertiary/aromatic N) is 1. The van der Waals surface area contributed by atoms with Gasteiger partial charge in [0, 0.05) is 10.9 Å². The fourth-order valence-corrected chi connectivity index (χ4v) is 3.04. The Kier molecular flexibility index (Phi) is 4.69. The number of hydrogen-bond acceptors (Lipinski definition) is 3. The highest BCUT2D eigenvalue weighted by Gasteiger charge is 2.10. The van der Waals surface area contributed by atoms with Gasteiger partial charge in [-0.05, 0) is 36.4 Å². The highest BCUT2D eigenvalue weighted by Crippen LogP contribution is 2.25. The van der Waals surface area contributed by atoms with Gasteiger partial charge >= 0.3 is 0 Å². The van der Waals surface area contributed by atoms with Crippen LogP contribution in [-0.2, 0) is 11.2 Å². The minimum atomic E-state index is -0.287. The summed E-state index contributed by atoms with van der Waals surface area (Å²) in [5.41, 5.74) is 2.07. The van der Waals surface area contributed by atoms with Crippen molar-refractivity contribution in [2.45, 2.75) is 6.42 Å². The summed E-state index contributed by atoms with van der Waals surface area (Å²) in [5, 5.41) is 5.83. The first-order valence-corrected chi connectivity index (χ1v) is 8.12. The van der Waals surface area contributed by atoms with Crippen molar-refractivity contribution in [3.05, 3.63) is 70.4 Å². The van der Waals surface area contributed by atoms with E-state index in [4.69, 9.17) is 11.6 Å². The van der Waals surface area contributed by atoms with Gasteiger partial charge in [0.25, 0.3) is 0 Å². The Morgan fingerprint density at radius 3 is 2.65 bits per heavy atom. The van der Waals surface area contributed by atoms with Crippen LogP contribution < -0.4 is 5.32 Å². The number of para-hydroxylation sites is 1. The van der Waals surface area contributed by atoms with Crippen molar-refractivity contribution in [3.8, 4) is 10.6 Å². The van der Waals surface area contributed by atoms with E-state index in [9.17, 15) is 9.18 Å². The molecule has 0 aliphatic rings. The average molecular weight is 347 g/mol. The second kappa shape index (κ2) is 6.89. The second-order valence-corrected chi connectivity index (χ2v) is 6.12. The van der Waals surface area contributed by atoms with Crippen LogP contribution in [0.2, 0.25) is 5.02 Å². The molecule has 0 fully saturated rings. The van der Waals surface area contributed by atoms with Gasteiger partial charge in [-0.1, -0.05) is 23.7 Å². The summed E-state index contributed by atoms with van der Waals surface area (Å²) in [6.07, 6.45) is 0.156. The average Bonchev–Trinajstić information content (AvgIpc) is 2.98. The summed E-state index contributed by atoms with van der Waals surface area (Å²) >= 11 is 7.43. The van der Waals surface area contributed by atoms with Crippen LogP contribution in [0.5, 0.6) is 0 Å². The van der Waals surface area contributed by atoms with Crippen molar-refractivity contribution in [2.75, 3.05) is 5.32 Å². The Balaban J connectivity index is 1.68. The summed E-state index contributed by atoms with van der Waals surface area (Å²) in [7, 11) is 0. The van der Waals surface area contributed by atoms with Crippen LogP contribution >= 0.6 is 22.9 Å². The maximum absolute atomic E-state index is 12.9. The van der Waals surface area contributed by atoms with Gasteiger partial charge in [-0.25, -0.2) is 9.37 Å². The molecule has 1 N–H and O–H groups in total. The van der Waals surface area contributed by atoms with Gasteiger partial charge in [0.2, 0.25) is 5.91 Å². The molecular formula is C17H12ClFN2OS. The van der Waals surface area contributed by atoms with E-state index in [1.807, 2.05) is 5.38 Å². The molecule has 1 heterocycles. The fourth-order valence-electron chi connectivity index (χ4n) is 2.03. The summed E-state index contributed by atoms with van der Waals surface area (Å²) in [6.45, 7) is 0. The smallest absolute Gasteiger partial charge is 0.230 e. The summed E-state index contributed by atoms with van der Waals surface area (Å²) in [5.74, 6) is -0.473. The molecule has 0 unspecified atom stereocenters. The first-order chi connectivity index (χ1) is 11.1. The number of thiazole rings is 1. The predicted molar refractivity (Wildman–Crippen MR) is 91.3 cm³/mol. The Bertz CT molecular complexity index is 833. The van der Waals surface area contributed by atoms with E-state index < -0.39 is 0 Å². The van der Waals surface area contributed by atoms with Gasteiger partial charge in [-0.3, -0.25) is 4.79 Å². The number of rotatable bonds is 4. The van der Waals surface area contributed by atoms with E-state index in [1.165, 1.54) is 23.5 Å². The lowest BCUT2D eigenvalue weighted by atomic mass is 10.2. The number of anilines is 1. The molecule has 0 aliphatic carbocycles. The van der Waals surface area contributed by atoms with Crippen LogP contribution in [0.15, 0.2) is 53.9 Å². The lowest BCUT2D eigenvalue weighted by molar-refractivity contribution is -0.115. The molecule has 0 radical (unpaired) electrons. The molecule has 0 aliphatic heterocycles. The highest BCUT2D eigenvalue weighted by molar-refractivity contribution is 7.13. The lowest BCUT2D eigenvalue weighted by Crippen LogP contribution is -2.14. The number of nitrogens with one attached hydrogen (secondary N) is 1. The van der Waals surface area contributed by atoms with Gasteiger partial charge in [-0.2, -0.15) is 0 Å². The van der Waals surface area contributed by atoms with Crippen molar-refractivity contribution in [2.24, 2.45) is 0 Å². The monoisotopic (exact) mass is 346 g/mol. The van der Waals surface area contributed by atoms with Crippen LogP contribution in [0.3, 0.4) is 0 Å². The molecule has 23 heavy (non-hydrogen) atoms. The standard InChI is InChI=1S/C17H12ClFN2OS/c18-14-3-1-2-4-15(14)21-16(22)9-13-10-23-17(20-13)11-5-7-12(19)8-6-11/h1-8,10H,9H2,(H,21,22). The van der Waals surface area contributed by atoms with Crippen molar-refractivity contribution < 1.29 is 9.18 Å². The number of amides is 1. The van der Waals surface area contributed by atoms with E-state index in [0.29, 0.717) is 16.4 Å². The zero-order valence-corrected chi connectivity index (χ0v) is 13.5. The molecule has 3 rings (SSSR count). The lowest BCUT2D eigenvalue weighted by Gasteiger charge is -2.05. The molecule has 3 aromatic rings. The Hall–Kier alpha value is -2.24. The summed E-state index contributed by atoms with van der Waals surface area (Å²) < 4.78 is 12.9. The fraction of sp³-hybridized carbons (Fsp3) is 0.0588. The molecule has 116 valence electrons. The normalized spacial score (nSPS) is 10.5. The van der Waals surface area contributed by atoms with Gasteiger partial charge in [0.1, 0.15) is 10.8 Å². The van der Waals surface area contributed by atoms with Crippen molar-refractivity contribution in [1.82, 2.24) is 4.98 Å². The van der Waals surface area contributed by atoms with Crippen LogP contribution in [-0.4, -0.2) is 10.9 Å². The van der Waals surface area contributed by atoms with Gasteiger partial charge in [0.05, 0.1) is 22.8 Å². The molecule has 0 spiro atoms. The molecule has 0 bridgehead atoms. The first kappa shape index (κ1) is 15.6. The third kappa shape index (κ3) is 3.94. The van der Waals surface area contributed by atoms with E-state index in [1.54, 1.807) is 36.4 Å². The SMILES string of the molecule is O=C(Cc1csc(-c2ccc(F)cc2)n1)Nc1ccccc1Cl. The number of halogens is 2. The van der Waals surface area contributed by atoms with Crippen LogP contribution in [0.1, 0.15) is 5.69 Å². The second-order valence-electron chi connectivity index (χ2n) is 4.86. The molecule has 2 aromatic carbocycles. The molecule has 0 saturated carbocycles. The Labute approximate surface area is 141 Å². The molecule has 1 aromatic heterocycles. The Morgan fingerprint density at radius 2 is 1.91 bits per heavy atom. The van der Waals surface area contributed by atoms with Crippen molar-refractivity contribution in [1.29, 1.82) is 0 Å². The largest absolute Gasteiger partial charge is 0.324 e. The van der Waals surface area contributed by atoms with E-state index in [2.05, 4.69) is 10.3 Å². The number of benzene rings is 2. The van der Waals surface area contributed by atoms with E-state index in [-0.39, 0.29) is 18.1 Å². The number of aromatic nitrogens is 1. The Morgan fingerprint density at radius 1 is 1.17 bits per heavy atom. The quantitative estimate of drug-likeness (QED) is 0.738. The van der Waals surface area contributed by atoms with E-state index in [0.717, 1.165) is 10.6 Å². The van der Waals surface area contributed by atoms with E-state index >= 15 is 0 Å². The van der Waals surface area contributed by atoms with Crippen LogP contribution in [0.4, 0.5) is 10.1 Å². The third-order valence-corrected chi connectivity index (χ3v) is 4.40. The number of hydrogen-bond donors (Lipinski definition) is 1. The number of carbonyl (C=O) groups is 1. The molecule has 0 atom stereocenters. The van der Waals surface area contributed by atoms with Gasteiger partial charge < -0.3 is 5.32 Å². The van der Waals surface area contributed by atoms with Gasteiger partial charge in [0.15, 0.2) is 0 Å². The highest BCUT2D eigenvalue weighted by atomic mass is 35.5. The minimum absolute atomic E-state index is 0.156. The summed E-state index contributed by atoms with van der Waals surface area (Å²) in [6, 6.07) is 13.2. The molecule has 0 saturated heterocycles. The maximum Gasteiger partial charge on any atom is 0.230 e. The topological polar surface area (TPSA) is 42.0 Å². The molecule has 6 heteroatoms. The zero-order valence-electron chi connectivity index (χ0n) is 11.9. The molecular weight excluding hydrogens is 335 g/mol. The zero-order chi connectivity index (χ0) is 16.2. The minimum Gasteiger partial charge on any atom is -0.324 e. The predicted octanol–water partition coefficient (Wildman–Crippen LogP) is 4.78. The van der Waals surface area contributed by atoms with Crippen LogP contribution in [0.25, 0.3) is 10.6 Å². The molecule has 3 nitrogen and oxygen atoms in total. The van der Waals surface area contributed by atoms with Crippen molar-refractivity contribution in [3.63, 3.8) is 0 Å².